The fourth-order valence-corrected chi connectivity index (χ4v) is 0.937. The van der Waals surface area contributed by atoms with Crippen molar-refractivity contribution in [3.8, 4) is 0 Å². The van der Waals surface area contributed by atoms with Crippen molar-refractivity contribution in [3.05, 3.63) is 12.2 Å². The van der Waals surface area contributed by atoms with E-state index in [0.717, 1.165) is 0 Å². The number of hydrogen-bond acceptors (Lipinski definition) is 3. The molecule has 4 heteroatoms. The molecule has 1 aliphatic heterocycles. The van der Waals surface area contributed by atoms with Crippen LogP contribution in [0, 0.1) is 0 Å². The molecule has 0 spiro atoms. The fraction of sp³-hybridized carbons (Fsp3) is 0.500. The summed E-state index contributed by atoms with van der Waals surface area (Å²) < 4.78 is 4.69. The Morgan fingerprint density at radius 3 is 3.00 bits per heavy atom. The van der Waals surface area contributed by atoms with Gasteiger partial charge in [0.2, 0.25) is 0 Å². The lowest BCUT2D eigenvalue weighted by molar-refractivity contribution is -0.112. The fourth-order valence-electron chi connectivity index (χ4n) is 0.937. The summed E-state index contributed by atoms with van der Waals surface area (Å²) in [5.74, 6) is -0.0115. The van der Waals surface area contributed by atoms with E-state index >= 15 is 0 Å². The Hall–Kier alpha value is -1.32. The Morgan fingerprint density at radius 1 is 1.75 bits per heavy atom. The Kier molecular flexibility index (Phi) is 2.85. The minimum absolute atomic E-state index is 0.0115. The normalized spacial score (nSPS) is 17.1. The number of ketones is 1. The largest absolute Gasteiger partial charge is 0.448 e. The molecule has 0 unspecified atom stereocenters. The van der Waals surface area contributed by atoms with Crippen LogP contribution in [-0.4, -0.2) is 36.5 Å². The lowest BCUT2D eigenvalue weighted by Crippen LogP contribution is -2.24. The van der Waals surface area contributed by atoms with Crippen LogP contribution in [0.4, 0.5) is 4.79 Å². The van der Waals surface area contributed by atoms with Crippen LogP contribution in [0.1, 0.15) is 6.92 Å². The molecule has 1 aliphatic rings. The van der Waals surface area contributed by atoms with Crippen LogP contribution < -0.4 is 0 Å². The maximum absolute atomic E-state index is 10.8. The van der Waals surface area contributed by atoms with Gasteiger partial charge in [0.1, 0.15) is 6.61 Å². The number of allylic oxidation sites excluding steroid dienone is 1. The van der Waals surface area contributed by atoms with E-state index in [0.29, 0.717) is 19.7 Å². The summed E-state index contributed by atoms with van der Waals surface area (Å²) in [5.41, 5.74) is 0. The second-order valence-electron chi connectivity index (χ2n) is 2.57. The summed E-state index contributed by atoms with van der Waals surface area (Å²) in [6.45, 7) is 2.99. The zero-order valence-electron chi connectivity index (χ0n) is 6.95. The SMILES string of the molecule is CC(=O)/C=C/CN1CCOC1=O. The van der Waals surface area contributed by atoms with Crippen molar-refractivity contribution in [1.82, 2.24) is 4.90 Å². The number of hydrogen-bond donors (Lipinski definition) is 0. The first kappa shape index (κ1) is 8.77. The van der Waals surface area contributed by atoms with Gasteiger partial charge in [-0.15, -0.1) is 0 Å². The van der Waals surface area contributed by atoms with Gasteiger partial charge in [-0.3, -0.25) is 4.79 Å². The van der Waals surface area contributed by atoms with Gasteiger partial charge >= 0.3 is 6.09 Å². The van der Waals surface area contributed by atoms with Gasteiger partial charge in [0, 0.05) is 6.54 Å². The van der Waals surface area contributed by atoms with E-state index in [1.807, 2.05) is 0 Å². The first-order chi connectivity index (χ1) is 5.70. The molecule has 0 aromatic heterocycles. The third kappa shape index (κ3) is 2.38. The molecule has 1 heterocycles. The molecule has 0 saturated carbocycles. The van der Waals surface area contributed by atoms with E-state index in [2.05, 4.69) is 0 Å². The van der Waals surface area contributed by atoms with Crippen LogP contribution >= 0.6 is 0 Å². The Labute approximate surface area is 70.8 Å². The average Bonchev–Trinajstić information content (AvgIpc) is 2.36. The van der Waals surface area contributed by atoms with Crippen LogP contribution in [0.3, 0.4) is 0 Å². The molecule has 1 fully saturated rings. The standard InChI is InChI=1S/C8H11NO3/c1-7(10)3-2-4-9-5-6-12-8(9)11/h2-3H,4-6H2,1H3/b3-2+. The van der Waals surface area contributed by atoms with Crippen molar-refractivity contribution < 1.29 is 14.3 Å². The summed E-state index contributed by atoms with van der Waals surface area (Å²) >= 11 is 0. The molecule has 4 nitrogen and oxygen atoms in total. The minimum Gasteiger partial charge on any atom is -0.448 e. The summed E-state index contributed by atoms with van der Waals surface area (Å²) in [6, 6.07) is 0. The first-order valence-corrected chi connectivity index (χ1v) is 3.79. The van der Waals surface area contributed by atoms with Crippen molar-refractivity contribution in [1.29, 1.82) is 0 Å². The lowest BCUT2D eigenvalue weighted by atomic mass is 10.4. The molecule has 1 rings (SSSR count). The van der Waals surface area contributed by atoms with Gasteiger partial charge in [-0.2, -0.15) is 0 Å². The van der Waals surface area contributed by atoms with E-state index < -0.39 is 0 Å². The highest BCUT2D eigenvalue weighted by molar-refractivity contribution is 5.87. The quantitative estimate of drug-likeness (QED) is 0.581. The number of amides is 1. The number of cyclic esters (lactones) is 1. The van der Waals surface area contributed by atoms with Crippen LogP contribution in [0.25, 0.3) is 0 Å². The highest BCUT2D eigenvalue weighted by Gasteiger charge is 2.19. The van der Waals surface area contributed by atoms with Crippen LogP contribution in [0.5, 0.6) is 0 Å². The van der Waals surface area contributed by atoms with Gasteiger partial charge in [-0.25, -0.2) is 4.79 Å². The summed E-state index contributed by atoms with van der Waals surface area (Å²) in [7, 11) is 0. The van der Waals surface area contributed by atoms with E-state index in [4.69, 9.17) is 4.74 Å². The molecule has 0 radical (unpaired) electrons. The van der Waals surface area contributed by atoms with Crippen molar-refractivity contribution in [3.63, 3.8) is 0 Å². The highest BCUT2D eigenvalue weighted by Crippen LogP contribution is 2.01. The molecule has 0 aromatic carbocycles. The topological polar surface area (TPSA) is 46.6 Å². The third-order valence-corrected chi connectivity index (χ3v) is 1.52. The number of ether oxygens (including phenoxy) is 1. The van der Waals surface area contributed by atoms with Gasteiger partial charge in [-0.05, 0) is 13.0 Å². The number of rotatable bonds is 3. The third-order valence-electron chi connectivity index (χ3n) is 1.52. The van der Waals surface area contributed by atoms with Crippen molar-refractivity contribution in [2.24, 2.45) is 0 Å². The Morgan fingerprint density at radius 2 is 2.50 bits per heavy atom. The molecule has 0 aliphatic carbocycles. The Balaban J connectivity index is 2.31. The van der Waals surface area contributed by atoms with Crippen molar-refractivity contribution >= 4 is 11.9 Å². The molecule has 66 valence electrons. The minimum atomic E-state index is -0.303. The molecule has 1 saturated heterocycles. The van der Waals surface area contributed by atoms with Gasteiger partial charge in [-0.1, -0.05) is 6.08 Å². The molecular weight excluding hydrogens is 158 g/mol. The molecule has 0 N–H and O–H groups in total. The molecule has 12 heavy (non-hydrogen) atoms. The van der Waals surface area contributed by atoms with Gasteiger partial charge in [0.05, 0.1) is 6.54 Å². The monoisotopic (exact) mass is 169 g/mol. The number of carbonyl (C=O) groups excluding carboxylic acids is 2. The molecule has 0 atom stereocenters. The van der Waals surface area contributed by atoms with Crippen molar-refractivity contribution in [2.75, 3.05) is 19.7 Å². The summed E-state index contributed by atoms with van der Waals surface area (Å²) in [4.78, 5) is 22.9. The summed E-state index contributed by atoms with van der Waals surface area (Å²) in [6.07, 6.45) is 2.81. The molecule has 0 aromatic rings. The van der Waals surface area contributed by atoms with E-state index in [9.17, 15) is 9.59 Å². The van der Waals surface area contributed by atoms with Gasteiger partial charge in [0.15, 0.2) is 5.78 Å². The van der Waals surface area contributed by atoms with Gasteiger partial charge in [0.25, 0.3) is 0 Å². The molecular formula is C8H11NO3. The molecule has 0 bridgehead atoms. The Bertz CT molecular complexity index is 222. The predicted molar refractivity (Wildman–Crippen MR) is 42.7 cm³/mol. The second-order valence-corrected chi connectivity index (χ2v) is 2.57. The lowest BCUT2D eigenvalue weighted by Gasteiger charge is -2.07. The first-order valence-electron chi connectivity index (χ1n) is 3.79. The maximum atomic E-state index is 10.8. The van der Waals surface area contributed by atoms with Crippen LogP contribution in [0.15, 0.2) is 12.2 Å². The van der Waals surface area contributed by atoms with Crippen LogP contribution in [0.2, 0.25) is 0 Å². The van der Waals surface area contributed by atoms with Gasteiger partial charge < -0.3 is 9.64 Å². The average molecular weight is 169 g/mol. The zero-order chi connectivity index (χ0) is 8.97. The number of carbonyl (C=O) groups is 2. The van der Waals surface area contributed by atoms with Crippen molar-refractivity contribution in [2.45, 2.75) is 6.92 Å². The number of nitrogens with zero attached hydrogens (tertiary/aromatic N) is 1. The molecule has 1 amide bonds. The summed E-state index contributed by atoms with van der Waals surface area (Å²) in [5, 5.41) is 0. The smallest absolute Gasteiger partial charge is 0.410 e. The van der Waals surface area contributed by atoms with Crippen LogP contribution in [-0.2, 0) is 9.53 Å². The van der Waals surface area contributed by atoms with E-state index in [1.165, 1.54) is 13.0 Å². The predicted octanol–water partition coefficient (Wildman–Crippen LogP) is 0.584. The highest BCUT2D eigenvalue weighted by atomic mass is 16.6. The second kappa shape index (κ2) is 3.90. The zero-order valence-corrected chi connectivity index (χ0v) is 6.95. The van der Waals surface area contributed by atoms with E-state index in [-0.39, 0.29) is 11.9 Å². The van der Waals surface area contributed by atoms with E-state index in [1.54, 1.807) is 11.0 Å². The maximum Gasteiger partial charge on any atom is 0.410 e.